The number of methoxy groups -OCH3 is 1. The van der Waals surface area contributed by atoms with Crippen LogP contribution in [0.25, 0.3) is 0 Å². The Morgan fingerprint density at radius 1 is 1.00 bits per heavy atom. The normalized spacial score (nSPS) is 10.2. The molecule has 0 aromatic heterocycles. The highest BCUT2D eigenvalue weighted by atomic mass is 16.5. The largest absolute Gasteiger partial charge is 0.497 e. The van der Waals surface area contributed by atoms with Crippen LogP contribution in [-0.2, 0) is 6.54 Å². The van der Waals surface area contributed by atoms with Gasteiger partial charge in [-0.3, -0.25) is 4.79 Å². The summed E-state index contributed by atoms with van der Waals surface area (Å²) in [5.41, 5.74) is 1.72. The first kappa shape index (κ1) is 16.9. The van der Waals surface area contributed by atoms with Gasteiger partial charge in [-0.25, -0.2) is 0 Å². The predicted molar refractivity (Wildman–Crippen MR) is 91.0 cm³/mol. The summed E-state index contributed by atoms with van der Waals surface area (Å²) in [5, 5.41) is 0. The average molecular weight is 313 g/mol. The number of hydrogen-bond donors (Lipinski definition) is 0. The average Bonchev–Trinajstić information content (AvgIpc) is 2.60. The molecule has 0 aliphatic heterocycles. The van der Waals surface area contributed by atoms with Gasteiger partial charge in [-0.15, -0.1) is 0 Å². The fraction of sp³-hybridized carbons (Fsp3) is 0.316. The Hall–Kier alpha value is -2.49. The van der Waals surface area contributed by atoms with Crippen LogP contribution in [0.5, 0.6) is 11.5 Å². The third-order valence-corrected chi connectivity index (χ3v) is 3.50. The highest BCUT2D eigenvalue weighted by Crippen LogP contribution is 2.16. The lowest BCUT2D eigenvalue weighted by Crippen LogP contribution is -2.26. The minimum Gasteiger partial charge on any atom is -0.497 e. The molecule has 0 aliphatic rings. The number of rotatable bonds is 7. The first-order valence-corrected chi connectivity index (χ1v) is 7.75. The zero-order valence-corrected chi connectivity index (χ0v) is 13.9. The molecular weight excluding hydrogens is 290 g/mol. The van der Waals surface area contributed by atoms with Crippen molar-refractivity contribution in [3.8, 4) is 11.5 Å². The first-order chi connectivity index (χ1) is 11.1. The first-order valence-electron chi connectivity index (χ1n) is 7.75. The Bertz CT molecular complexity index is 620. The summed E-state index contributed by atoms with van der Waals surface area (Å²) in [5.74, 6) is 1.59. The van der Waals surface area contributed by atoms with E-state index in [-0.39, 0.29) is 5.91 Å². The van der Waals surface area contributed by atoms with Gasteiger partial charge in [0.25, 0.3) is 5.91 Å². The lowest BCUT2D eigenvalue weighted by molar-refractivity contribution is 0.0785. The predicted octanol–water partition coefficient (Wildman–Crippen LogP) is 3.76. The molecule has 0 fully saturated rings. The maximum absolute atomic E-state index is 12.5. The van der Waals surface area contributed by atoms with Gasteiger partial charge in [-0.2, -0.15) is 0 Å². The lowest BCUT2D eigenvalue weighted by Gasteiger charge is -2.18. The number of carbonyl (C=O) groups is 1. The van der Waals surface area contributed by atoms with Crippen LogP contribution in [0.3, 0.4) is 0 Å². The van der Waals surface area contributed by atoms with Crippen molar-refractivity contribution < 1.29 is 14.3 Å². The minimum absolute atomic E-state index is 0.0112. The maximum atomic E-state index is 12.5. The molecular formula is C19H23NO3. The Kier molecular flexibility index (Phi) is 6.03. The summed E-state index contributed by atoms with van der Waals surface area (Å²) in [7, 11) is 3.44. The molecule has 4 heteroatoms. The molecule has 0 radical (unpaired) electrons. The summed E-state index contributed by atoms with van der Waals surface area (Å²) < 4.78 is 10.7. The summed E-state index contributed by atoms with van der Waals surface area (Å²) in [6.07, 6.45) is 0.964. The van der Waals surface area contributed by atoms with E-state index in [9.17, 15) is 4.79 Å². The number of ether oxygens (including phenoxy) is 2. The number of amides is 1. The number of hydrogen-bond acceptors (Lipinski definition) is 3. The van der Waals surface area contributed by atoms with Crippen LogP contribution >= 0.6 is 0 Å². The molecule has 0 heterocycles. The summed E-state index contributed by atoms with van der Waals surface area (Å²) in [6.45, 7) is 3.30. The molecule has 0 saturated heterocycles. The summed E-state index contributed by atoms with van der Waals surface area (Å²) in [4.78, 5) is 14.2. The van der Waals surface area contributed by atoms with Crippen LogP contribution in [0.15, 0.2) is 48.5 Å². The zero-order valence-electron chi connectivity index (χ0n) is 13.9. The Balaban J connectivity index is 1.97. The third kappa shape index (κ3) is 4.74. The van der Waals surface area contributed by atoms with Gasteiger partial charge in [0.05, 0.1) is 13.7 Å². The van der Waals surface area contributed by atoms with Crippen molar-refractivity contribution in [1.29, 1.82) is 0 Å². The van der Waals surface area contributed by atoms with Gasteiger partial charge in [-0.05, 0) is 48.4 Å². The highest BCUT2D eigenvalue weighted by Gasteiger charge is 2.12. The van der Waals surface area contributed by atoms with E-state index >= 15 is 0 Å². The number of benzene rings is 2. The van der Waals surface area contributed by atoms with Crippen molar-refractivity contribution in [1.82, 2.24) is 4.90 Å². The number of nitrogens with zero attached hydrogens (tertiary/aromatic N) is 1. The molecule has 2 aromatic rings. The molecule has 122 valence electrons. The van der Waals surface area contributed by atoms with Crippen LogP contribution in [0.1, 0.15) is 29.3 Å². The Morgan fingerprint density at radius 3 is 2.17 bits per heavy atom. The second-order valence-corrected chi connectivity index (χ2v) is 5.38. The van der Waals surface area contributed by atoms with E-state index in [1.165, 1.54) is 0 Å². The molecule has 0 bridgehead atoms. The van der Waals surface area contributed by atoms with E-state index in [1.54, 1.807) is 31.2 Å². The molecule has 0 N–H and O–H groups in total. The topological polar surface area (TPSA) is 38.8 Å². The monoisotopic (exact) mass is 313 g/mol. The third-order valence-electron chi connectivity index (χ3n) is 3.50. The van der Waals surface area contributed by atoms with Crippen molar-refractivity contribution in [2.45, 2.75) is 19.9 Å². The van der Waals surface area contributed by atoms with Crippen LogP contribution < -0.4 is 9.47 Å². The molecule has 0 atom stereocenters. The second-order valence-electron chi connectivity index (χ2n) is 5.38. The van der Waals surface area contributed by atoms with Gasteiger partial charge in [-0.1, -0.05) is 19.1 Å². The summed E-state index contributed by atoms with van der Waals surface area (Å²) >= 11 is 0. The minimum atomic E-state index is -0.0112. The Morgan fingerprint density at radius 2 is 1.61 bits per heavy atom. The standard InChI is InChI=1S/C19H23NO3/c1-4-13-23-18-11-7-16(8-12-18)19(21)20(2)14-15-5-9-17(22-3)10-6-15/h5-12H,4,13-14H2,1-3H3. The molecule has 2 rings (SSSR count). The Labute approximate surface area is 137 Å². The van der Waals surface area contributed by atoms with Crippen molar-refractivity contribution in [2.75, 3.05) is 20.8 Å². The van der Waals surface area contributed by atoms with Gasteiger partial charge < -0.3 is 14.4 Å². The van der Waals surface area contributed by atoms with Crippen LogP contribution in [0, 0.1) is 0 Å². The van der Waals surface area contributed by atoms with E-state index in [0.717, 1.165) is 23.5 Å². The van der Waals surface area contributed by atoms with Crippen LogP contribution in [0.4, 0.5) is 0 Å². The van der Waals surface area contributed by atoms with E-state index in [2.05, 4.69) is 6.92 Å². The molecule has 0 saturated carbocycles. The molecule has 0 spiro atoms. The smallest absolute Gasteiger partial charge is 0.253 e. The van der Waals surface area contributed by atoms with Gasteiger partial charge in [0.15, 0.2) is 0 Å². The summed E-state index contributed by atoms with van der Waals surface area (Å²) in [6, 6.07) is 15.0. The van der Waals surface area contributed by atoms with Gasteiger partial charge in [0.2, 0.25) is 0 Å². The molecule has 0 unspecified atom stereocenters. The van der Waals surface area contributed by atoms with E-state index in [4.69, 9.17) is 9.47 Å². The van der Waals surface area contributed by atoms with Crippen LogP contribution in [-0.4, -0.2) is 31.6 Å². The SMILES string of the molecule is CCCOc1ccc(C(=O)N(C)Cc2ccc(OC)cc2)cc1. The van der Waals surface area contributed by atoms with Gasteiger partial charge >= 0.3 is 0 Å². The molecule has 2 aromatic carbocycles. The zero-order chi connectivity index (χ0) is 16.7. The van der Waals surface area contributed by atoms with Crippen molar-refractivity contribution >= 4 is 5.91 Å². The molecule has 4 nitrogen and oxygen atoms in total. The van der Waals surface area contributed by atoms with Crippen molar-refractivity contribution in [2.24, 2.45) is 0 Å². The van der Waals surface area contributed by atoms with E-state index < -0.39 is 0 Å². The van der Waals surface area contributed by atoms with Crippen molar-refractivity contribution in [3.05, 3.63) is 59.7 Å². The number of carbonyl (C=O) groups excluding carboxylic acids is 1. The van der Waals surface area contributed by atoms with E-state index in [0.29, 0.717) is 18.7 Å². The molecule has 0 aliphatic carbocycles. The fourth-order valence-electron chi connectivity index (χ4n) is 2.21. The molecule has 23 heavy (non-hydrogen) atoms. The quantitative estimate of drug-likeness (QED) is 0.781. The highest BCUT2D eigenvalue weighted by molar-refractivity contribution is 5.94. The molecule has 1 amide bonds. The van der Waals surface area contributed by atoms with Crippen molar-refractivity contribution in [3.63, 3.8) is 0 Å². The maximum Gasteiger partial charge on any atom is 0.253 e. The van der Waals surface area contributed by atoms with Gasteiger partial charge in [0, 0.05) is 19.2 Å². The fourth-order valence-corrected chi connectivity index (χ4v) is 2.21. The van der Waals surface area contributed by atoms with Gasteiger partial charge in [0.1, 0.15) is 11.5 Å². The van der Waals surface area contributed by atoms with Crippen LogP contribution in [0.2, 0.25) is 0 Å². The second kappa shape index (κ2) is 8.22. The lowest BCUT2D eigenvalue weighted by atomic mass is 10.1. The van der Waals surface area contributed by atoms with E-state index in [1.807, 2.05) is 36.4 Å².